The minimum atomic E-state index is -0.173. The lowest BCUT2D eigenvalue weighted by Gasteiger charge is -2.06. The Morgan fingerprint density at radius 3 is 2.79 bits per heavy atom. The maximum Gasteiger partial charge on any atom is 0.305 e. The van der Waals surface area contributed by atoms with Crippen LogP contribution in [0.25, 0.3) is 11.3 Å². The minimum absolute atomic E-state index is 0.173. The molecule has 0 saturated heterocycles. The van der Waals surface area contributed by atoms with Crippen molar-refractivity contribution in [1.29, 1.82) is 0 Å². The van der Waals surface area contributed by atoms with E-state index in [1.807, 2.05) is 24.3 Å². The van der Waals surface area contributed by atoms with Crippen LogP contribution in [0.15, 0.2) is 24.3 Å². The van der Waals surface area contributed by atoms with Crippen molar-refractivity contribution in [2.24, 2.45) is 0 Å². The van der Waals surface area contributed by atoms with Crippen LogP contribution in [0.5, 0.6) is 0 Å². The predicted molar refractivity (Wildman–Crippen MR) is 94.2 cm³/mol. The summed E-state index contributed by atoms with van der Waals surface area (Å²) in [6.07, 6.45) is 3.06. The molecule has 128 valence electrons. The van der Waals surface area contributed by atoms with E-state index in [-0.39, 0.29) is 5.97 Å². The third kappa shape index (κ3) is 3.79. The van der Waals surface area contributed by atoms with Crippen molar-refractivity contribution < 1.29 is 9.53 Å². The quantitative estimate of drug-likeness (QED) is 0.845. The normalized spacial score (nSPS) is 14.1. The molecule has 1 aliphatic heterocycles. The molecule has 6 heteroatoms. The molecule has 1 aromatic carbocycles. The summed E-state index contributed by atoms with van der Waals surface area (Å²) in [7, 11) is 1.42. The van der Waals surface area contributed by atoms with Crippen LogP contribution in [-0.2, 0) is 28.9 Å². The molecule has 0 aliphatic carbocycles. The molecule has 0 spiro atoms. The van der Waals surface area contributed by atoms with Crippen molar-refractivity contribution >= 4 is 17.6 Å². The Morgan fingerprint density at radius 1 is 1.29 bits per heavy atom. The molecular weight excluding hydrogens is 326 g/mol. The number of hydrogen-bond acceptors (Lipinski definition) is 4. The topological polar surface area (TPSA) is 56.2 Å². The van der Waals surface area contributed by atoms with Crippen molar-refractivity contribution in [2.75, 3.05) is 20.2 Å². The Balaban J connectivity index is 1.88. The molecule has 2 heterocycles. The summed E-state index contributed by atoms with van der Waals surface area (Å²) in [4.78, 5) is 11.3. The highest BCUT2D eigenvalue weighted by atomic mass is 35.5. The third-order valence-corrected chi connectivity index (χ3v) is 4.60. The number of nitrogens with one attached hydrogen (secondary N) is 1. The second-order valence-corrected chi connectivity index (χ2v) is 6.37. The van der Waals surface area contributed by atoms with Crippen molar-refractivity contribution in [3.63, 3.8) is 0 Å². The first-order chi connectivity index (χ1) is 11.7. The number of fused-ring (bicyclic) bond motifs is 1. The van der Waals surface area contributed by atoms with Gasteiger partial charge in [-0.1, -0.05) is 23.7 Å². The Morgan fingerprint density at radius 2 is 2.04 bits per heavy atom. The van der Waals surface area contributed by atoms with Crippen LogP contribution < -0.4 is 5.32 Å². The molecule has 1 aromatic heterocycles. The van der Waals surface area contributed by atoms with E-state index in [1.54, 1.807) is 0 Å². The fourth-order valence-corrected chi connectivity index (χ4v) is 3.25. The number of nitrogens with zero attached hydrogens (tertiary/aromatic N) is 2. The van der Waals surface area contributed by atoms with Crippen molar-refractivity contribution in [3.05, 3.63) is 40.5 Å². The molecule has 1 N–H and O–H groups in total. The summed E-state index contributed by atoms with van der Waals surface area (Å²) in [6.45, 7) is 2.64. The van der Waals surface area contributed by atoms with Gasteiger partial charge in [-0.3, -0.25) is 9.48 Å². The van der Waals surface area contributed by atoms with Crippen molar-refractivity contribution in [2.45, 2.75) is 32.2 Å². The van der Waals surface area contributed by atoms with Crippen LogP contribution in [0.1, 0.15) is 24.1 Å². The van der Waals surface area contributed by atoms with Gasteiger partial charge in [0.25, 0.3) is 0 Å². The molecule has 0 fully saturated rings. The number of esters is 1. The number of rotatable bonds is 5. The lowest BCUT2D eigenvalue weighted by Crippen LogP contribution is -2.17. The van der Waals surface area contributed by atoms with Gasteiger partial charge in [-0.15, -0.1) is 0 Å². The molecule has 0 radical (unpaired) electrons. The second-order valence-electron chi connectivity index (χ2n) is 5.93. The zero-order chi connectivity index (χ0) is 16.9. The molecule has 3 rings (SSSR count). The minimum Gasteiger partial charge on any atom is -0.469 e. The first-order valence-corrected chi connectivity index (χ1v) is 8.69. The summed E-state index contributed by atoms with van der Waals surface area (Å²) < 4.78 is 6.78. The van der Waals surface area contributed by atoms with Crippen LogP contribution in [0, 0.1) is 0 Å². The monoisotopic (exact) mass is 347 g/mol. The van der Waals surface area contributed by atoms with Gasteiger partial charge in [0, 0.05) is 47.8 Å². The highest BCUT2D eigenvalue weighted by Gasteiger charge is 2.20. The average Bonchev–Trinajstić information content (AvgIpc) is 2.77. The molecule has 2 aromatic rings. The molecule has 0 atom stereocenters. The standard InChI is InChI=1S/C18H22ClN3O2/c1-24-17(23)3-2-12-22-16-9-11-20-10-8-15(16)18(21-22)13-4-6-14(19)7-5-13/h4-7,20H,2-3,8-12H2,1H3. The SMILES string of the molecule is COC(=O)CCCn1nc(-c2ccc(Cl)cc2)c2c1CCNCC2. The van der Waals surface area contributed by atoms with Crippen LogP contribution in [-0.4, -0.2) is 35.9 Å². The smallest absolute Gasteiger partial charge is 0.305 e. The number of carbonyl (C=O) groups is 1. The summed E-state index contributed by atoms with van der Waals surface area (Å²) in [5.74, 6) is -0.173. The molecule has 24 heavy (non-hydrogen) atoms. The van der Waals surface area contributed by atoms with E-state index in [0.717, 1.165) is 55.2 Å². The zero-order valence-electron chi connectivity index (χ0n) is 13.8. The number of halogens is 1. The van der Waals surface area contributed by atoms with E-state index in [2.05, 4.69) is 10.00 Å². The molecule has 0 bridgehead atoms. The van der Waals surface area contributed by atoms with Gasteiger partial charge in [0.05, 0.1) is 12.8 Å². The van der Waals surface area contributed by atoms with Gasteiger partial charge in [0.2, 0.25) is 0 Å². The number of hydrogen-bond donors (Lipinski definition) is 1. The second kappa shape index (κ2) is 7.81. The first kappa shape index (κ1) is 17.0. The van der Waals surface area contributed by atoms with Crippen LogP contribution >= 0.6 is 11.6 Å². The van der Waals surface area contributed by atoms with E-state index in [1.165, 1.54) is 18.4 Å². The van der Waals surface area contributed by atoms with Crippen molar-refractivity contribution in [3.8, 4) is 11.3 Å². The van der Waals surface area contributed by atoms with Crippen LogP contribution in [0.3, 0.4) is 0 Å². The highest BCUT2D eigenvalue weighted by molar-refractivity contribution is 6.30. The van der Waals surface area contributed by atoms with Gasteiger partial charge >= 0.3 is 5.97 Å². The average molecular weight is 348 g/mol. The maximum atomic E-state index is 11.3. The van der Waals surface area contributed by atoms with Gasteiger partial charge in [-0.2, -0.15) is 5.10 Å². The van der Waals surface area contributed by atoms with Gasteiger partial charge in [-0.25, -0.2) is 0 Å². The van der Waals surface area contributed by atoms with Crippen LogP contribution in [0.4, 0.5) is 0 Å². The van der Waals surface area contributed by atoms with Gasteiger partial charge < -0.3 is 10.1 Å². The van der Waals surface area contributed by atoms with E-state index < -0.39 is 0 Å². The molecule has 0 amide bonds. The van der Waals surface area contributed by atoms with Gasteiger partial charge in [-0.05, 0) is 31.5 Å². The Kier molecular flexibility index (Phi) is 5.53. The summed E-state index contributed by atoms with van der Waals surface area (Å²) in [5, 5.41) is 9.02. The third-order valence-electron chi connectivity index (χ3n) is 4.35. The predicted octanol–water partition coefficient (Wildman–Crippen LogP) is 2.84. The zero-order valence-corrected chi connectivity index (χ0v) is 14.6. The maximum absolute atomic E-state index is 11.3. The van der Waals surface area contributed by atoms with Crippen LogP contribution in [0.2, 0.25) is 5.02 Å². The number of aryl methyl sites for hydroxylation is 1. The lowest BCUT2D eigenvalue weighted by atomic mass is 10.0. The first-order valence-electron chi connectivity index (χ1n) is 8.31. The fourth-order valence-electron chi connectivity index (χ4n) is 3.12. The number of ether oxygens (including phenoxy) is 1. The summed E-state index contributed by atoms with van der Waals surface area (Å²) in [6, 6.07) is 7.83. The Bertz CT molecular complexity index is 710. The van der Waals surface area contributed by atoms with Gasteiger partial charge in [0.1, 0.15) is 0 Å². The van der Waals surface area contributed by atoms with Crippen molar-refractivity contribution in [1.82, 2.24) is 15.1 Å². The molecule has 5 nitrogen and oxygen atoms in total. The number of carbonyl (C=O) groups excluding carboxylic acids is 1. The largest absolute Gasteiger partial charge is 0.469 e. The fraction of sp³-hybridized carbons (Fsp3) is 0.444. The lowest BCUT2D eigenvalue weighted by molar-refractivity contribution is -0.140. The number of aromatic nitrogens is 2. The highest BCUT2D eigenvalue weighted by Crippen LogP contribution is 2.28. The van der Waals surface area contributed by atoms with E-state index >= 15 is 0 Å². The van der Waals surface area contributed by atoms with E-state index in [9.17, 15) is 4.79 Å². The Labute approximate surface area is 147 Å². The molecule has 0 unspecified atom stereocenters. The summed E-state index contributed by atoms with van der Waals surface area (Å²) in [5.41, 5.74) is 4.70. The molecular formula is C18H22ClN3O2. The van der Waals surface area contributed by atoms with E-state index in [4.69, 9.17) is 21.4 Å². The summed E-state index contributed by atoms with van der Waals surface area (Å²) >= 11 is 6.01. The van der Waals surface area contributed by atoms with E-state index in [0.29, 0.717) is 6.42 Å². The van der Waals surface area contributed by atoms with Gasteiger partial charge in [0.15, 0.2) is 0 Å². The Hall–Kier alpha value is -1.85. The molecule has 0 saturated carbocycles. The molecule has 1 aliphatic rings. The number of methoxy groups -OCH3 is 1. The number of benzene rings is 1.